The van der Waals surface area contributed by atoms with E-state index in [1.54, 1.807) is 7.11 Å². The van der Waals surface area contributed by atoms with E-state index in [-0.39, 0.29) is 5.84 Å². The number of rotatable bonds is 3. The maximum Gasteiger partial charge on any atom is 0.172 e. The second-order valence-corrected chi connectivity index (χ2v) is 6.04. The minimum absolute atomic E-state index is 0.128. The molecule has 1 aromatic carbocycles. The maximum absolute atomic E-state index is 8.90. The summed E-state index contributed by atoms with van der Waals surface area (Å²) in [5.74, 6) is 1.98. The predicted molar refractivity (Wildman–Crippen MR) is 79.6 cm³/mol. The first-order chi connectivity index (χ1) is 9.15. The van der Waals surface area contributed by atoms with Gasteiger partial charge in [0.05, 0.1) is 12.8 Å². The van der Waals surface area contributed by atoms with E-state index in [9.17, 15) is 0 Å². The Kier molecular flexibility index (Phi) is 4.42. The number of ether oxygens (including phenoxy) is 1. The van der Waals surface area contributed by atoms with Crippen LogP contribution in [0, 0.1) is 0 Å². The third kappa shape index (κ3) is 3.07. The number of nitrogens with two attached hydrogens (primary N) is 1. The van der Waals surface area contributed by atoms with Crippen molar-refractivity contribution in [1.29, 1.82) is 0 Å². The molecule has 19 heavy (non-hydrogen) atoms. The van der Waals surface area contributed by atoms with Gasteiger partial charge in [0.2, 0.25) is 0 Å². The highest BCUT2D eigenvalue weighted by Crippen LogP contribution is 2.30. The van der Waals surface area contributed by atoms with Crippen molar-refractivity contribution in [2.24, 2.45) is 10.9 Å². The molecule has 3 N–H and O–H groups in total. The molecule has 0 aliphatic carbocycles. The van der Waals surface area contributed by atoms with Crippen LogP contribution in [0.5, 0.6) is 5.75 Å². The van der Waals surface area contributed by atoms with E-state index in [4.69, 9.17) is 15.7 Å². The van der Waals surface area contributed by atoms with Crippen LogP contribution < -0.4 is 15.4 Å². The van der Waals surface area contributed by atoms with Gasteiger partial charge >= 0.3 is 0 Å². The van der Waals surface area contributed by atoms with Gasteiger partial charge in [-0.05, 0) is 12.1 Å². The molecule has 1 unspecified atom stereocenters. The number of nitrogens with zero attached hydrogens (tertiary/aromatic N) is 2. The Morgan fingerprint density at radius 3 is 3.00 bits per heavy atom. The Morgan fingerprint density at radius 2 is 2.37 bits per heavy atom. The van der Waals surface area contributed by atoms with Crippen molar-refractivity contribution in [3.8, 4) is 5.75 Å². The molecule has 1 atom stereocenters. The van der Waals surface area contributed by atoms with Gasteiger partial charge in [-0.25, -0.2) is 0 Å². The van der Waals surface area contributed by atoms with Crippen molar-refractivity contribution in [1.82, 2.24) is 0 Å². The summed E-state index contributed by atoms with van der Waals surface area (Å²) in [6, 6.07) is 5.59. The van der Waals surface area contributed by atoms with E-state index in [1.807, 2.05) is 30.0 Å². The van der Waals surface area contributed by atoms with Gasteiger partial charge in [0, 0.05) is 35.7 Å². The highest BCUT2D eigenvalue weighted by molar-refractivity contribution is 8.00. The number of oxime groups is 1. The molecule has 1 fully saturated rings. The van der Waals surface area contributed by atoms with Crippen molar-refractivity contribution in [3.63, 3.8) is 0 Å². The van der Waals surface area contributed by atoms with Gasteiger partial charge in [-0.2, -0.15) is 11.8 Å². The van der Waals surface area contributed by atoms with Crippen LogP contribution in [0.2, 0.25) is 0 Å². The Morgan fingerprint density at radius 1 is 1.58 bits per heavy atom. The molecule has 0 radical (unpaired) electrons. The summed E-state index contributed by atoms with van der Waals surface area (Å²) < 4.78 is 5.27. The fraction of sp³-hybridized carbons (Fsp3) is 0.462. The molecule has 0 aromatic heterocycles. The zero-order chi connectivity index (χ0) is 13.8. The van der Waals surface area contributed by atoms with Gasteiger partial charge in [0.1, 0.15) is 5.75 Å². The standard InChI is InChI=1S/C13H19N3O2S/c1-9-8-16(5-6-19-9)12-7-10(18-2)3-4-11(12)13(14)15-17/h3-4,7,9,17H,5-6,8H2,1-2H3,(H2,14,15). The third-order valence-corrected chi connectivity index (χ3v) is 4.31. The second-order valence-electron chi connectivity index (χ2n) is 4.50. The average Bonchev–Trinajstić information content (AvgIpc) is 2.45. The van der Waals surface area contributed by atoms with Crippen LogP contribution in [0.25, 0.3) is 0 Å². The summed E-state index contributed by atoms with van der Waals surface area (Å²) in [5.41, 5.74) is 7.45. The first-order valence-electron chi connectivity index (χ1n) is 6.18. The molecule has 0 spiro atoms. The largest absolute Gasteiger partial charge is 0.497 e. The molecule has 0 amide bonds. The molecule has 0 bridgehead atoms. The lowest BCUT2D eigenvalue weighted by molar-refractivity contribution is 0.318. The van der Waals surface area contributed by atoms with Crippen LogP contribution in [0.3, 0.4) is 0 Å². The number of hydrogen-bond donors (Lipinski definition) is 2. The fourth-order valence-electron chi connectivity index (χ4n) is 2.21. The molecule has 2 rings (SSSR count). The Labute approximate surface area is 117 Å². The summed E-state index contributed by atoms with van der Waals surface area (Å²) >= 11 is 1.96. The molecular weight excluding hydrogens is 262 g/mol. The van der Waals surface area contributed by atoms with Crippen LogP contribution in [-0.2, 0) is 0 Å². The Bertz CT molecular complexity index is 479. The molecule has 1 heterocycles. The van der Waals surface area contributed by atoms with Crippen molar-refractivity contribution in [2.75, 3.05) is 30.9 Å². The van der Waals surface area contributed by atoms with Crippen molar-refractivity contribution >= 4 is 23.3 Å². The number of thioether (sulfide) groups is 1. The molecule has 104 valence electrons. The first kappa shape index (κ1) is 13.9. The molecule has 0 saturated carbocycles. The molecule has 6 heteroatoms. The number of benzene rings is 1. The maximum atomic E-state index is 8.90. The lowest BCUT2D eigenvalue weighted by Crippen LogP contribution is -2.38. The zero-order valence-electron chi connectivity index (χ0n) is 11.2. The summed E-state index contributed by atoms with van der Waals surface area (Å²) in [6.45, 7) is 4.11. The quantitative estimate of drug-likeness (QED) is 0.382. The van der Waals surface area contributed by atoms with E-state index < -0.39 is 0 Å². The lowest BCUT2D eigenvalue weighted by Gasteiger charge is -2.33. The molecule has 5 nitrogen and oxygen atoms in total. The van der Waals surface area contributed by atoms with Crippen LogP contribution in [-0.4, -0.2) is 42.2 Å². The second kappa shape index (κ2) is 6.06. The fourth-order valence-corrected chi connectivity index (χ4v) is 3.22. The van der Waals surface area contributed by atoms with Gasteiger partial charge in [-0.15, -0.1) is 0 Å². The summed E-state index contributed by atoms with van der Waals surface area (Å²) in [5, 5.41) is 12.6. The van der Waals surface area contributed by atoms with Gasteiger partial charge in [0.15, 0.2) is 5.84 Å². The topological polar surface area (TPSA) is 71.1 Å². The van der Waals surface area contributed by atoms with Gasteiger partial charge in [0.25, 0.3) is 0 Å². The van der Waals surface area contributed by atoms with Gasteiger partial charge in [-0.3, -0.25) is 0 Å². The number of methoxy groups -OCH3 is 1. The van der Waals surface area contributed by atoms with E-state index in [0.717, 1.165) is 35.8 Å². The SMILES string of the molecule is COc1ccc(/C(N)=N/O)c(N2CCSC(C)C2)c1. The van der Waals surface area contributed by atoms with E-state index >= 15 is 0 Å². The highest BCUT2D eigenvalue weighted by Gasteiger charge is 2.21. The monoisotopic (exact) mass is 281 g/mol. The van der Waals surface area contributed by atoms with Crippen LogP contribution in [0.1, 0.15) is 12.5 Å². The Hall–Kier alpha value is -1.56. The van der Waals surface area contributed by atoms with Crippen LogP contribution in [0.15, 0.2) is 23.4 Å². The van der Waals surface area contributed by atoms with E-state index in [0.29, 0.717) is 5.25 Å². The minimum atomic E-state index is 0.128. The number of anilines is 1. The van der Waals surface area contributed by atoms with Crippen molar-refractivity contribution in [3.05, 3.63) is 23.8 Å². The summed E-state index contributed by atoms with van der Waals surface area (Å²) in [4.78, 5) is 2.26. The van der Waals surface area contributed by atoms with E-state index in [2.05, 4.69) is 17.0 Å². The number of amidine groups is 1. The van der Waals surface area contributed by atoms with Crippen molar-refractivity contribution in [2.45, 2.75) is 12.2 Å². The van der Waals surface area contributed by atoms with E-state index in [1.165, 1.54) is 0 Å². The zero-order valence-corrected chi connectivity index (χ0v) is 12.0. The normalized spacial score (nSPS) is 20.4. The van der Waals surface area contributed by atoms with Crippen LogP contribution in [0.4, 0.5) is 5.69 Å². The minimum Gasteiger partial charge on any atom is -0.497 e. The number of hydrogen-bond acceptors (Lipinski definition) is 5. The summed E-state index contributed by atoms with van der Waals surface area (Å²) in [6.07, 6.45) is 0. The van der Waals surface area contributed by atoms with Gasteiger partial charge < -0.3 is 20.6 Å². The van der Waals surface area contributed by atoms with Crippen molar-refractivity contribution < 1.29 is 9.94 Å². The molecule has 1 saturated heterocycles. The lowest BCUT2D eigenvalue weighted by atomic mass is 10.1. The smallest absolute Gasteiger partial charge is 0.172 e. The third-order valence-electron chi connectivity index (χ3n) is 3.17. The summed E-state index contributed by atoms with van der Waals surface area (Å²) in [7, 11) is 1.64. The molecule has 1 aliphatic heterocycles. The molecule has 1 aliphatic rings. The highest BCUT2D eigenvalue weighted by atomic mass is 32.2. The van der Waals surface area contributed by atoms with Crippen LogP contribution >= 0.6 is 11.8 Å². The predicted octanol–water partition coefficient (Wildman–Crippen LogP) is 1.73. The molecule has 1 aromatic rings. The van der Waals surface area contributed by atoms with Gasteiger partial charge in [-0.1, -0.05) is 12.1 Å². The average molecular weight is 281 g/mol. The first-order valence-corrected chi connectivity index (χ1v) is 7.23. The molecular formula is C13H19N3O2S. The Balaban J connectivity index is 2.39.